The third-order valence-electron chi connectivity index (χ3n) is 3.53. The number of ether oxygens (including phenoxy) is 1. The zero-order valence-corrected chi connectivity index (χ0v) is 12.7. The number of carbonyl (C=O) groups excluding carboxylic acids is 2. The van der Waals surface area contributed by atoms with Gasteiger partial charge < -0.3 is 15.4 Å². The van der Waals surface area contributed by atoms with E-state index in [2.05, 4.69) is 0 Å². The van der Waals surface area contributed by atoms with Crippen molar-refractivity contribution in [3.63, 3.8) is 0 Å². The number of esters is 1. The zero-order chi connectivity index (χ0) is 13.7. The van der Waals surface area contributed by atoms with Crippen LogP contribution in [-0.2, 0) is 14.3 Å². The molecular formula is C13H25ClN2O3. The molecule has 0 aromatic heterocycles. The molecule has 0 aromatic carbocycles. The maximum Gasteiger partial charge on any atom is 0.310 e. The molecular weight excluding hydrogens is 268 g/mol. The standard InChI is InChI=1S/C13H24N2O3.ClH/c1-4-18-13(17)11-6-5-7-15(8-11)12(16)9(2)10(3)14;/h9-11H,4-8,14H2,1-3H3;1H. The Morgan fingerprint density at radius 3 is 2.58 bits per heavy atom. The number of hydrogen-bond donors (Lipinski definition) is 1. The number of amides is 1. The van der Waals surface area contributed by atoms with Crippen LogP contribution in [0.3, 0.4) is 0 Å². The second-order valence-electron chi connectivity index (χ2n) is 5.02. The monoisotopic (exact) mass is 292 g/mol. The fourth-order valence-corrected chi connectivity index (χ4v) is 2.14. The van der Waals surface area contributed by atoms with Crippen LogP contribution in [0.5, 0.6) is 0 Å². The van der Waals surface area contributed by atoms with Crippen LogP contribution in [0.1, 0.15) is 33.6 Å². The minimum atomic E-state index is -0.203. The molecule has 2 N–H and O–H groups in total. The molecule has 0 spiro atoms. The Morgan fingerprint density at radius 2 is 2.05 bits per heavy atom. The van der Waals surface area contributed by atoms with Crippen LogP contribution in [0, 0.1) is 11.8 Å². The van der Waals surface area contributed by atoms with Gasteiger partial charge in [0.1, 0.15) is 0 Å². The van der Waals surface area contributed by atoms with E-state index in [9.17, 15) is 9.59 Å². The number of carbonyl (C=O) groups is 2. The summed E-state index contributed by atoms with van der Waals surface area (Å²) in [6.07, 6.45) is 1.65. The van der Waals surface area contributed by atoms with Crippen LogP contribution in [0.15, 0.2) is 0 Å². The van der Waals surface area contributed by atoms with Gasteiger partial charge in [0.2, 0.25) is 5.91 Å². The summed E-state index contributed by atoms with van der Waals surface area (Å²) in [4.78, 5) is 25.6. The molecule has 3 unspecified atom stereocenters. The average molecular weight is 293 g/mol. The summed E-state index contributed by atoms with van der Waals surface area (Å²) in [5.41, 5.74) is 5.75. The van der Waals surface area contributed by atoms with Gasteiger partial charge in [0, 0.05) is 19.1 Å². The molecule has 1 amide bonds. The van der Waals surface area contributed by atoms with E-state index in [0.717, 1.165) is 12.8 Å². The van der Waals surface area contributed by atoms with Gasteiger partial charge in [0.15, 0.2) is 0 Å². The summed E-state index contributed by atoms with van der Waals surface area (Å²) in [5, 5.41) is 0. The van der Waals surface area contributed by atoms with Gasteiger partial charge in [-0.3, -0.25) is 9.59 Å². The van der Waals surface area contributed by atoms with Crippen LogP contribution in [0.2, 0.25) is 0 Å². The number of nitrogens with two attached hydrogens (primary N) is 1. The molecule has 0 aliphatic carbocycles. The molecule has 1 fully saturated rings. The average Bonchev–Trinajstić information content (AvgIpc) is 2.37. The number of piperidine rings is 1. The fraction of sp³-hybridized carbons (Fsp3) is 0.846. The lowest BCUT2D eigenvalue weighted by molar-refractivity contribution is -0.151. The fourth-order valence-electron chi connectivity index (χ4n) is 2.14. The van der Waals surface area contributed by atoms with Crippen LogP contribution < -0.4 is 5.73 Å². The number of nitrogens with zero attached hydrogens (tertiary/aromatic N) is 1. The maximum atomic E-state index is 12.2. The minimum Gasteiger partial charge on any atom is -0.466 e. The summed E-state index contributed by atoms with van der Waals surface area (Å²) in [7, 11) is 0. The summed E-state index contributed by atoms with van der Waals surface area (Å²) in [5.74, 6) is -0.531. The molecule has 1 heterocycles. The van der Waals surface area contributed by atoms with Crippen molar-refractivity contribution in [2.75, 3.05) is 19.7 Å². The Balaban J connectivity index is 0.00000324. The molecule has 0 saturated carbocycles. The highest BCUT2D eigenvalue weighted by molar-refractivity contribution is 5.85. The predicted octanol–water partition coefficient (Wildman–Crippen LogP) is 1.19. The van der Waals surface area contributed by atoms with Crippen molar-refractivity contribution in [2.24, 2.45) is 17.6 Å². The molecule has 1 aliphatic rings. The Hall–Kier alpha value is -0.810. The summed E-state index contributed by atoms with van der Waals surface area (Å²) in [6, 6.07) is -0.166. The molecule has 0 bridgehead atoms. The van der Waals surface area contributed by atoms with E-state index in [1.165, 1.54) is 0 Å². The van der Waals surface area contributed by atoms with Gasteiger partial charge in [-0.15, -0.1) is 12.4 Å². The maximum absolute atomic E-state index is 12.2. The molecule has 112 valence electrons. The molecule has 3 atom stereocenters. The van der Waals surface area contributed by atoms with E-state index in [1.54, 1.807) is 11.8 Å². The van der Waals surface area contributed by atoms with Crippen molar-refractivity contribution in [2.45, 2.75) is 39.7 Å². The van der Waals surface area contributed by atoms with Crippen molar-refractivity contribution in [1.82, 2.24) is 4.90 Å². The van der Waals surface area contributed by atoms with E-state index in [0.29, 0.717) is 19.7 Å². The molecule has 6 heteroatoms. The van der Waals surface area contributed by atoms with E-state index < -0.39 is 0 Å². The largest absolute Gasteiger partial charge is 0.466 e. The van der Waals surface area contributed by atoms with Crippen LogP contribution >= 0.6 is 12.4 Å². The molecule has 1 rings (SSSR count). The highest BCUT2D eigenvalue weighted by Gasteiger charge is 2.31. The lowest BCUT2D eigenvalue weighted by atomic mass is 9.95. The highest BCUT2D eigenvalue weighted by Crippen LogP contribution is 2.20. The van der Waals surface area contributed by atoms with Crippen molar-refractivity contribution in [3.05, 3.63) is 0 Å². The first kappa shape index (κ1) is 18.2. The van der Waals surface area contributed by atoms with Gasteiger partial charge in [-0.25, -0.2) is 0 Å². The first-order chi connectivity index (χ1) is 8.47. The number of rotatable bonds is 4. The number of hydrogen-bond acceptors (Lipinski definition) is 4. The van der Waals surface area contributed by atoms with E-state index in [-0.39, 0.29) is 42.2 Å². The second kappa shape index (κ2) is 8.38. The van der Waals surface area contributed by atoms with Crippen molar-refractivity contribution < 1.29 is 14.3 Å². The normalized spacial score (nSPS) is 22.1. The Labute approximate surface area is 121 Å². The molecule has 1 saturated heterocycles. The van der Waals surface area contributed by atoms with Gasteiger partial charge in [0.25, 0.3) is 0 Å². The molecule has 0 radical (unpaired) electrons. The Morgan fingerprint density at radius 1 is 1.42 bits per heavy atom. The topological polar surface area (TPSA) is 72.6 Å². The Bertz CT molecular complexity index is 310. The SMILES string of the molecule is CCOC(=O)C1CCCN(C(=O)C(C)C(C)N)C1.Cl. The van der Waals surface area contributed by atoms with Crippen molar-refractivity contribution in [1.29, 1.82) is 0 Å². The predicted molar refractivity (Wildman–Crippen MR) is 76.0 cm³/mol. The van der Waals surface area contributed by atoms with Crippen LogP contribution in [0.4, 0.5) is 0 Å². The van der Waals surface area contributed by atoms with Gasteiger partial charge in [-0.2, -0.15) is 0 Å². The lowest BCUT2D eigenvalue weighted by Crippen LogP contribution is -2.47. The number of likely N-dealkylation sites (tertiary alicyclic amines) is 1. The number of halogens is 1. The first-order valence-corrected chi connectivity index (χ1v) is 6.68. The third-order valence-corrected chi connectivity index (χ3v) is 3.53. The van der Waals surface area contributed by atoms with E-state index in [4.69, 9.17) is 10.5 Å². The molecule has 0 aromatic rings. The van der Waals surface area contributed by atoms with Gasteiger partial charge in [-0.05, 0) is 26.7 Å². The van der Waals surface area contributed by atoms with Crippen molar-refractivity contribution >= 4 is 24.3 Å². The van der Waals surface area contributed by atoms with Crippen molar-refractivity contribution in [3.8, 4) is 0 Å². The highest BCUT2D eigenvalue weighted by atomic mass is 35.5. The first-order valence-electron chi connectivity index (χ1n) is 6.68. The van der Waals surface area contributed by atoms with E-state index >= 15 is 0 Å². The summed E-state index contributed by atoms with van der Waals surface area (Å²) >= 11 is 0. The van der Waals surface area contributed by atoms with Gasteiger partial charge in [0.05, 0.1) is 18.4 Å². The quantitative estimate of drug-likeness (QED) is 0.790. The Kier molecular flexibility index (Phi) is 8.02. The summed E-state index contributed by atoms with van der Waals surface area (Å²) in [6.45, 7) is 7.03. The lowest BCUT2D eigenvalue weighted by Gasteiger charge is -2.34. The van der Waals surface area contributed by atoms with Crippen LogP contribution in [-0.4, -0.2) is 42.5 Å². The van der Waals surface area contributed by atoms with E-state index in [1.807, 2.05) is 13.8 Å². The van der Waals surface area contributed by atoms with Gasteiger partial charge in [-0.1, -0.05) is 6.92 Å². The zero-order valence-electron chi connectivity index (χ0n) is 11.9. The molecule has 19 heavy (non-hydrogen) atoms. The summed E-state index contributed by atoms with van der Waals surface area (Å²) < 4.78 is 5.02. The molecule has 1 aliphatic heterocycles. The smallest absolute Gasteiger partial charge is 0.310 e. The minimum absolute atomic E-state index is 0. The van der Waals surface area contributed by atoms with Crippen LogP contribution in [0.25, 0.3) is 0 Å². The third kappa shape index (κ3) is 4.99. The van der Waals surface area contributed by atoms with Gasteiger partial charge >= 0.3 is 5.97 Å². The molecule has 5 nitrogen and oxygen atoms in total. The second-order valence-corrected chi connectivity index (χ2v) is 5.02.